The van der Waals surface area contributed by atoms with E-state index in [0.29, 0.717) is 11.6 Å². The van der Waals surface area contributed by atoms with Gasteiger partial charge in [0, 0.05) is 40.6 Å². The Balaban J connectivity index is 2.03. The first kappa shape index (κ1) is 20.2. The molecule has 30 heavy (non-hydrogen) atoms. The van der Waals surface area contributed by atoms with Gasteiger partial charge in [-0.05, 0) is 55.2 Å². The summed E-state index contributed by atoms with van der Waals surface area (Å²) < 4.78 is 3.96. The van der Waals surface area contributed by atoms with E-state index in [0.717, 1.165) is 50.2 Å². The van der Waals surface area contributed by atoms with Crippen LogP contribution in [0.3, 0.4) is 0 Å². The van der Waals surface area contributed by atoms with Gasteiger partial charge < -0.3 is 9.67 Å². The number of nitrogens with zero attached hydrogens (tertiary/aromatic N) is 4. The summed E-state index contributed by atoms with van der Waals surface area (Å²) in [6.07, 6.45) is 3.76. The minimum Gasteiger partial charge on any atom is -0.481 e. The van der Waals surface area contributed by atoms with E-state index in [4.69, 9.17) is 16.6 Å². The summed E-state index contributed by atoms with van der Waals surface area (Å²) in [5, 5.41) is 15.4. The van der Waals surface area contributed by atoms with Gasteiger partial charge in [0.05, 0.1) is 19.2 Å². The molecule has 0 fully saturated rings. The van der Waals surface area contributed by atoms with Gasteiger partial charge in [-0.2, -0.15) is 5.10 Å². The standard InChI is InChI=1S/C23H23ClN4O2/c1-13-15(3)28(12-16-10-25-27(4)11-16)23-21(13)22(17-5-7-18(24)8-6-17)19(9-20(29)30)14(2)26-23/h5-8,10-11H,9,12H2,1-4H3,(H,29,30). The maximum absolute atomic E-state index is 11.6. The molecule has 0 saturated heterocycles. The Labute approximate surface area is 179 Å². The summed E-state index contributed by atoms with van der Waals surface area (Å²) in [5.74, 6) is -0.876. The number of carboxylic acids is 1. The second-order valence-corrected chi connectivity index (χ2v) is 8.08. The largest absolute Gasteiger partial charge is 0.481 e. The average Bonchev–Trinajstić information content (AvgIpc) is 3.20. The van der Waals surface area contributed by atoms with Crippen LogP contribution < -0.4 is 0 Å². The first-order valence-corrected chi connectivity index (χ1v) is 10.1. The highest BCUT2D eigenvalue weighted by atomic mass is 35.5. The zero-order valence-electron chi connectivity index (χ0n) is 17.4. The van der Waals surface area contributed by atoms with Crippen LogP contribution in [-0.2, 0) is 24.8 Å². The van der Waals surface area contributed by atoms with Gasteiger partial charge >= 0.3 is 5.97 Å². The van der Waals surface area contributed by atoms with Gasteiger partial charge in [0.2, 0.25) is 0 Å². The van der Waals surface area contributed by atoms with Crippen LogP contribution in [-0.4, -0.2) is 30.4 Å². The third-order valence-electron chi connectivity index (χ3n) is 5.62. The van der Waals surface area contributed by atoms with Gasteiger partial charge in [0.25, 0.3) is 0 Å². The fraction of sp³-hybridized carbons (Fsp3) is 0.261. The van der Waals surface area contributed by atoms with Crippen molar-refractivity contribution >= 4 is 28.6 Å². The third-order valence-corrected chi connectivity index (χ3v) is 5.88. The van der Waals surface area contributed by atoms with Crippen LogP contribution in [0.15, 0.2) is 36.7 Å². The molecule has 0 bridgehead atoms. The Bertz CT molecular complexity index is 1270. The molecular weight excluding hydrogens is 400 g/mol. The smallest absolute Gasteiger partial charge is 0.307 e. The Kier molecular flexibility index (Phi) is 5.12. The molecule has 3 aromatic heterocycles. The molecule has 0 aliphatic heterocycles. The fourth-order valence-corrected chi connectivity index (χ4v) is 4.18. The molecule has 4 rings (SSSR count). The number of fused-ring (bicyclic) bond motifs is 1. The van der Waals surface area contributed by atoms with Crippen molar-refractivity contribution in [2.75, 3.05) is 0 Å². The number of rotatable bonds is 5. The molecule has 0 aliphatic rings. The Morgan fingerprint density at radius 2 is 1.87 bits per heavy atom. The number of carboxylic acid groups (broad SMARTS) is 1. The van der Waals surface area contributed by atoms with E-state index in [-0.39, 0.29) is 6.42 Å². The van der Waals surface area contributed by atoms with Crippen LogP contribution >= 0.6 is 11.6 Å². The van der Waals surface area contributed by atoms with Crippen molar-refractivity contribution in [3.05, 3.63) is 69.8 Å². The molecule has 1 N–H and O–H groups in total. The fourth-order valence-electron chi connectivity index (χ4n) is 4.05. The van der Waals surface area contributed by atoms with Crippen molar-refractivity contribution in [3.8, 4) is 11.1 Å². The Morgan fingerprint density at radius 3 is 2.47 bits per heavy atom. The number of aliphatic carboxylic acids is 1. The number of hydrogen-bond donors (Lipinski definition) is 1. The molecule has 7 heteroatoms. The summed E-state index contributed by atoms with van der Waals surface area (Å²) in [5.41, 5.74) is 7.44. The first-order chi connectivity index (χ1) is 14.3. The summed E-state index contributed by atoms with van der Waals surface area (Å²) >= 11 is 6.11. The molecule has 0 saturated carbocycles. The highest BCUT2D eigenvalue weighted by Gasteiger charge is 2.23. The topological polar surface area (TPSA) is 72.9 Å². The van der Waals surface area contributed by atoms with Gasteiger partial charge in [-0.1, -0.05) is 23.7 Å². The van der Waals surface area contributed by atoms with E-state index in [1.165, 1.54) is 0 Å². The van der Waals surface area contributed by atoms with E-state index in [1.54, 1.807) is 4.68 Å². The summed E-state index contributed by atoms with van der Waals surface area (Å²) in [4.78, 5) is 16.5. The summed E-state index contributed by atoms with van der Waals surface area (Å²) in [6, 6.07) is 7.54. The monoisotopic (exact) mass is 422 g/mol. The number of pyridine rings is 1. The molecule has 154 valence electrons. The molecule has 0 aliphatic carbocycles. The van der Waals surface area contributed by atoms with Crippen LogP contribution in [0.2, 0.25) is 5.02 Å². The van der Waals surface area contributed by atoms with Gasteiger partial charge in [0.15, 0.2) is 0 Å². The zero-order chi connectivity index (χ0) is 21.6. The lowest BCUT2D eigenvalue weighted by Crippen LogP contribution is -2.08. The number of aromatic nitrogens is 4. The van der Waals surface area contributed by atoms with E-state index < -0.39 is 5.97 Å². The molecule has 6 nitrogen and oxygen atoms in total. The van der Waals surface area contributed by atoms with Crippen molar-refractivity contribution in [2.24, 2.45) is 7.05 Å². The third kappa shape index (κ3) is 3.48. The molecule has 0 unspecified atom stereocenters. The second-order valence-electron chi connectivity index (χ2n) is 7.65. The van der Waals surface area contributed by atoms with Crippen LogP contribution in [0.5, 0.6) is 0 Å². The normalized spacial score (nSPS) is 11.4. The summed E-state index contributed by atoms with van der Waals surface area (Å²) in [6.45, 7) is 6.67. The van der Waals surface area contributed by atoms with Crippen LogP contribution in [0, 0.1) is 20.8 Å². The van der Waals surface area contributed by atoms with Crippen molar-refractivity contribution < 1.29 is 9.90 Å². The minimum atomic E-state index is -0.876. The molecule has 1 aromatic carbocycles. The van der Waals surface area contributed by atoms with Gasteiger partial charge in [0.1, 0.15) is 5.65 Å². The number of halogens is 1. The lowest BCUT2D eigenvalue weighted by molar-refractivity contribution is -0.136. The first-order valence-electron chi connectivity index (χ1n) is 9.70. The average molecular weight is 423 g/mol. The van der Waals surface area contributed by atoms with E-state index in [9.17, 15) is 9.90 Å². The lowest BCUT2D eigenvalue weighted by Gasteiger charge is -2.15. The van der Waals surface area contributed by atoms with Crippen molar-refractivity contribution in [1.82, 2.24) is 19.3 Å². The Morgan fingerprint density at radius 1 is 1.17 bits per heavy atom. The van der Waals surface area contributed by atoms with Crippen LogP contribution in [0.1, 0.15) is 28.1 Å². The number of benzene rings is 1. The Hall–Kier alpha value is -3.12. The maximum Gasteiger partial charge on any atom is 0.307 e. The maximum atomic E-state index is 11.6. The second kappa shape index (κ2) is 7.61. The predicted octanol–water partition coefficient (Wildman–Crippen LogP) is 4.69. The van der Waals surface area contributed by atoms with Crippen LogP contribution in [0.4, 0.5) is 0 Å². The minimum absolute atomic E-state index is 0.0843. The number of hydrogen-bond acceptors (Lipinski definition) is 3. The van der Waals surface area contributed by atoms with Gasteiger partial charge in [-0.25, -0.2) is 4.98 Å². The molecule has 3 heterocycles. The highest BCUT2D eigenvalue weighted by molar-refractivity contribution is 6.30. The van der Waals surface area contributed by atoms with Crippen LogP contribution in [0.25, 0.3) is 22.2 Å². The highest BCUT2D eigenvalue weighted by Crippen LogP contribution is 2.38. The van der Waals surface area contributed by atoms with Crippen molar-refractivity contribution in [3.63, 3.8) is 0 Å². The van der Waals surface area contributed by atoms with E-state index >= 15 is 0 Å². The SMILES string of the molecule is Cc1nc2c(c(C)c(C)n2Cc2cnn(C)c2)c(-c2ccc(Cl)cc2)c1CC(=O)O. The number of carbonyl (C=O) groups is 1. The van der Waals surface area contributed by atoms with Crippen molar-refractivity contribution in [1.29, 1.82) is 0 Å². The van der Waals surface area contributed by atoms with Gasteiger partial charge in [-0.15, -0.1) is 0 Å². The molecule has 0 atom stereocenters. The summed E-state index contributed by atoms with van der Waals surface area (Å²) in [7, 11) is 1.90. The van der Waals surface area contributed by atoms with Gasteiger partial charge in [-0.3, -0.25) is 9.48 Å². The molecule has 4 aromatic rings. The molecular formula is C23H23ClN4O2. The molecule has 0 radical (unpaired) electrons. The molecule has 0 spiro atoms. The predicted molar refractivity (Wildman–Crippen MR) is 118 cm³/mol. The van der Waals surface area contributed by atoms with Crippen molar-refractivity contribution in [2.45, 2.75) is 33.7 Å². The number of aryl methyl sites for hydroxylation is 3. The molecule has 0 amide bonds. The lowest BCUT2D eigenvalue weighted by atomic mass is 9.92. The van der Waals surface area contributed by atoms with E-state index in [2.05, 4.69) is 23.5 Å². The zero-order valence-corrected chi connectivity index (χ0v) is 18.2. The quantitative estimate of drug-likeness (QED) is 0.506. The van der Waals surface area contributed by atoms with E-state index in [1.807, 2.05) is 50.6 Å².